The molecule has 1 saturated carbocycles. The van der Waals surface area contributed by atoms with Crippen molar-refractivity contribution in [1.29, 1.82) is 0 Å². The molecule has 2 amide bonds. The molecule has 0 aromatic heterocycles. The molecule has 2 aliphatic rings. The normalized spacial score (nSPS) is 25.1. The summed E-state index contributed by atoms with van der Waals surface area (Å²) in [5, 5.41) is 3.43. The maximum absolute atomic E-state index is 12.0. The van der Waals surface area contributed by atoms with Gasteiger partial charge in [0.1, 0.15) is 0 Å². The minimum absolute atomic E-state index is 0.204. The van der Waals surface area contributed by atoms with Crippen LogP contribution >= 0.6 is 0 Å². The van der Waals surface area contributed by atoms with E-state index in [-0.39, 0.29) is 11.8 Å². The first kappa shape index (κ1) is 14.1. The van der Waals surface area contributed by atoms with Gasteiger partial charge in [-0.15, -0.1) is 0 Å². The molecule has 4 heteroatoms. The van der Waals surface area contributed by atoms with Crippen molar-refractivity contribution in [1.82, 2.24) is 4.90 Å². The van der Waals surface area contributed by atoms with Gasteiger partial charge >= 0.3 is 0 Å². The molecule has 0 unspecified atom stereocenters. The minimum Gasteiger partial charge on any atom is -0.385 e. The first-order chi connectivity index (χ1) is 10.1. The summed E-state index contributed by atoms with van der Waals surface area (Å²) in [7, 11) is 1.53. The molecule has 1 aliphatic carbocycles. The van der Waals surface area contributed by atoms with Gasteiger partial charge in [-0.1, -0.05) is 19.8 Å². The van der Waals surface area contributed by atoms with Gasteiger partial charge in [-0.2, -0.15) is 0 Å². The van der Waals surface area contributed by atoms with Gasteiger partial charge in [0.05, 0.1) is 11.1 Å². The number of nitrogens with one attached hydrogen (secondary N) is 1. The van der Waals surface area contributed by atoms with Crippen molar-refractivity contribution in [2.75, 3.05) is 18.9 Å². The van der Waals surface area contributed by atoms with Crippen LogP contribution in [0, 0.1) is 11.8 Å². The quantitative estimate of drug-likeness (QED) is 0.868. The highest BCUT2D eigenvalue weighted by Gasteiger charge is 2.32. The molecule has 1 fully saturated rings. The van der Waals surface area contributed by atoms with Gasteiger partial charge in [0.2, 0.25) is 0 Å². The largest absolute Gasteiger partial charge is 0.385 e. The molecule has 1 aromatic rings. The molecule has 1 heterocycles. The van der Waals surface area contributed by atoms with Crippen LogP contribution in [0.15, 0.2) is 18.2 Å². The minimum atomic E-state index is -0.206. The first-order valence-corrected chi connectivity index (χ1v) is 7.76. The smallest absolute Gasteiger partial charge is 0.261 e. The Labute approximate surface area is 125 Å². The molecule has 0 atom stereocenters. The van der Waals surface area contributed by atoms with E-state index in [1.54, 1.807) is 6.07 Å². The average molecular weight is 286 g/mol. The maximum Gasteiger partial charge on any atom is 0.261 e. The summed E-state index contributed by atoms with van der Waals surface area (Å²) in [5.41, 5.74) is 1.97. The van der Waals surface area contributed by atoms with Gasteiger partial charge in [0, 0.05) is 19.3 Å². The van der Waals surface area contributed by atoms with Crippen LogP contribution in [-0.4, -0.2) is 30.3 Å². The van der Waals surface area contributed by atoms with Gasteiger partial charge in [-0.3, -0.25) is 14.5 Å². The van der Waals surface area contributed by atoms with Crippen LogP contribution in [0.2, 0.25) is 0 Å². The van der Waals surface area contributed by atoms with Crippen LogP contribution in [-0.2, 0) is 0 Å². The second-order valence-corrected chi connectivity index (χ2v) is 6.44. The van der Waals surface area contributed by atoms with Crippen LogP contribution in [0.4, 0.5) is 5.69 Å². The SMILES string of the molecule is CC1CCC(CNc2ccc3c(c2)C(=O)N(C)C3=O)CC1. The predicted octanol–water partition coefficient (Wildman–Crippen LogP) is 3.15. The Bertz CT molecular complexity index is 574. The Morgan fingerprint density at radius 1 is 1.10 bits per heavy atom. The van der Waals surface area contributed by atoms with Gasteiger partial charge in [0.15, 0.2) is 0 Å². The third kappa shape index (κ3) is 2.67. The molecule has 1 aromatic carbocycles. The standard InChI is InChI=1S/C17H22N2O2/c1-11-3-5-12(6-4-11)10-18-13-7-8-14-15(9-13)17(21)19(2)16(14)20/h7-9,11-12,18H,3-6,10H2,1-2H3. The Hall–Kier alpha value is -1.84. The van der Waals surface area contributed by atoms with Crippen molar-refractivity contribution >= 4 is 17.5 Å². The number of hydrogen-bond acceptors (Lipinski definition) is 3. The lowest BCUT2D eigenvalue weighted by Crippen LogP contribution is -2.24. The second-order valence-electron chi connectivity index (χ2n) is 6.44. The van der Waals surface area contributed by atoms with Gasteiger partial charge < -0.3 is 5.32 Å². The molecule has 3 rings (SSSR count). The van der Waals surface area contributed by atoms with Gasteiger partial charge in [0.25, 0.3) is 11.8 Å². The third-order valence-corrected chi connectivity index (χ3v) is 4.82. The Morgan fingerprint density at radius 3 is 2.48 bits per heavy atom. The number of benzene rings is 1. The van der Waals surface area contributed by atoms with Crippen molar-refractivity contribution in [2.45, 2.75) is 32.6 Å². The zero-order valence-electron chi connectivity index (χ0n) is 12.7. The molecule has 0 spiro atoms. The fourth-order valence-corrected chi connectivity index (χ4v) is 3.27. The molecule has 0 saturated heterocycles. The van der Waals surface area contributed by atoms with Crippen molar-refractivity contribution < 1.29 is 9.59 Å². The number of amides is 2. The van der Waals surface area contributed by atoms with E-state index < -0.39 is 0 Å². The highest BCUT2D eigenvalue weighted by Crippen LogP contribution is 2.29. The third-order valence-electron chi connectivity index (χ3n) is 4.82. The number of rotatable bonds is 3. The molecule has 112 valence electrons. The van der Waals surface area contributed by atoms with Crippen LogP contribution in [0.1, 0.15) is 53.3 Å². The van der Waals surface area contributed by atoms with E-state index in [0.29, 0.717) is 11.1 Å². The molecule has 21 heavy (non-hydrogen) atoms. The predicted molar refractivity (Wildman–Crippen MR) is 82.5 cm³/mol. The summed E-state index contributed by atoms with van der Waals surface area (Å²) >= 11 is 0. The summed E-state index contributed by atoms with van der Waals surface area (Å²) in [5.74, 6) is 1.17. The second kappa shape index (κ2) is 5.51. The van der Waals surface area contributed by atoms with E-state index >= 15 is 0 Å². The average Bonchev–Trinajstić information content (AvgIpc) is 2.71. The lowest BCUT2D eigenvalue weighted by atomic mass is 9.83. The Morgan fingerprint density at radius 2 is 1.76 bits per heavy atom. The molecule has 1 aliphatic heterocycles. The molecule has 0 bridgehead atoms. The Kier molecular flexibility index (Phi) is 3.70. The van der Waals surface area contributed by atoms with E-state index in [0.717, 1.165) is 24.1 Å². The number of carbonyl (C=O) groups is 2. The van der Waals surface area contributed by atoms with Gasteiger partial charge in [-0.05, 0) is 42.9 Å². The van der Waals surface area contributed by atoms with E-state index in [9.17, 15) is 9.59 Å². The maximum atomic E-state index is 12.0. The van der Waals surface area contributed by atoms with Crippen LogP contribution in [0.3, 0.4) is 0 Å². The number of anilines is 1. The van der Waals surface area contributed by atoms with E-state index in [4.69, 9.17) is 0 Å². The molecule has 4 nitrogen and oxygen atoms in total. The van der Waals surface area contributed by atoms with Crippen LogP contribution in [0.5, 0.6) is 0 Å². The van der Waals surface area contributed by atoms with E-state index in [1.165, 1.54) is 37.6 Å². The zero-order chi connectivity index (χ0) is 15.0. The fraction of sp³-hybridized carbons (Fsp3) is 0.529. The van der Waals surface area contributed by atoms with Crippen molar-refractivity contribution in [3.63, 3.8) is 0 Å². The number of fused-ring (bicyclic) bond motifs is 1. The summed E-state index contributed by atoms with van der Waals surface area (Å²) in [6.45, 7) is 3.27. The van der Waals surface area contributed by atoms with Crippen LogP contribution in [0.25, 0.3) is 0 Å². The van der Waals surface area contributed by atoms with Crippen molar-refractivity contribution in [2.24, 2.45) is 11.8 Å². The lowest BCUT2D eigenvalue weighted by Gasteiger charge is -2.26. The van der Waals surface area contributed by atoms with Crippen LogP contribution < -0.4 is 5.32 Å². The summed E-state index contributed by atoms with van der Waals surface area (Å²) in [4.78, 5) is 25.0. The monoisotopic (exact) mass is 286 g/mol. The Balaban J connectivity index is 1.66. The number of imide groups is 1. The number of carbonyl (C=O) groups excluding carboxylic acids is 2. The molecular formula is C17H22N2O2. The highest BCUT2D eigenvalue weighted by atomic mass is 16.2. The summed E-state index contributed by atoms with van der Waals surface area (Å²) < 4.78 is 0. The number of nitrogens with zero attached hydrogens (tertiary/aromatic N) is 1. The lowest BCUT2D eigenvalue weighted by molar-refractivity contribution is 0.0693. The summed E-state index contributed by atoms with van der Waals surface area (Å²) in [6, 6.07) is 5.46. The molecule has 0 radical (unpaired) electrons. The fourth-order valence-electron chi connectivity index (χ4n) is 3.27. The summed E-state index contributed by atoms with van der Waals surface area (Å²) in [6.07, 6.45) is 5.18. The first-order valence-electron chi connectivity index (χ1n) is 7.76. The highest BCUT2D eigenvalue weighted by molar-refractivity contribution is 6.21. The zero-order valence-corrected chi connectivity index (χ0v) is 12.7. The van der Waals surface area contributed by atoms with E-state index in [2.05, 4.69) is 12.2 Å². The molecule has 1 N–H and O–H groups in total. The van der Waals surface area contributed by atoms with E-state index in [1.807, 2.05) is 12.1 Å². The van der Waals surface area contributed by atoms with Crippen molar-refractivity contribution in [3.05, 3.63) is 29.3 Å². The topological polar surface area (TPSA) is 49.4 Å². The molecular weight excluding hydrogens is 264 g/mol. The number of hydrogen-bond donors (Lipinski definition) is 1. The van der Waals surface area contributed by atoms with Crippen molar-refractivity contribution in [3.8, 4) is 0 Å². The van der Waals surface area contributed by atoms with Gasteiger partial charge in [-0.25, -0.2) is 0 Å².